The standard InChI is InChI=1S/C32H31N/c1-3-11-29-23(7-1)9-5-13-31(29)25-15-19-27(20-16-25)33-28-21-17-26(18-22-28)32-14-6-10-24-8-2-4-12-30(24)32/h1-2,5,7-10,13,15-22,30,32-33H,3-4,6,11-12,14H2. The van der Waals surface area contributed by atoms with Crippen LogP contribution in [0.1, 0.15) is 54.7 Å². The zero-order valence-corrected chi connectivity index (χ0v) is 19.1. The van der Waals surface area contributed by atoms with E-state index < -0.39 is 0 Å². The first kappa shape index (κ1) is 20.3. The van der Waals surface area contributed by atoms with Gasteiger partial charge in [0.25, 0.3) is 0 Å². The number of fused-ring (bicyclic) bond motifs is 2. The summed E-state index contributed by atoms with van der Waals surface area (Å²) in [5.41, 5.74) is 10.9. The van der Waals surface area contributed by atoms with E-state index in [0.29, 0.717) is 11.8 Å². The van der Waals surface area contributed by atoms with Crippen molar-refractivity contribution in [2.24, 2.45) is 5.92 Å². The fourth-order valence-electron chi connectivity index (χ4n) is 5.93. The van der Waals surface area contributed by atoms with Crippen LogP contribution in [0.3, 0.4) is 0 Å². The van der Waals surface area contributed by atoms with Gasteiger partial charge in [0.15, 0.2) is 0 Å². The van der Waals surface area contributed by atoms with Gasteiger partial charge in [0.05, 0.1) is 0 Å². The van der Waals surface area contributed by atoms with Gasteiger partial charge in [-0.3, -0.25) is 0 Å². The number of rotatable bonds is 4. The van der Waals surface area contributed by atoms with Gasteiger partial charge in [0, 0.05) is 11.4 Å². The molecule has 1 N–H and O–H groups in total. The highest BCUT2D eigenvalue weighted by Gasteiger charge is 2.28. The lowest BCUT2D eigenvalue weighted by Gasteiger charge is -2.34. The number of anilines is 2. The van der Waals surface area contributed by atoms with E-state index in [1.54, 1.807) is 5.57 Å². The van der Waals surface area contributed by atoms with E-state index >= 15 is 0 Å². The van der Waals surface area contributed by atoms with Crippen molar-refractivity contribution in [3.05, 3.63) is 113 Å². The normalized spacial score (nSPS) is 21.2. The molecule has 6 rings (SSSR count). The Morgan fingerprint density at radius 2 is 1.42 bits per heavy atom. The van der Waals surface area contributed by atoms with Crippen LogP contribution in [0.4, 0.5) is 11.4 Å². The average molecular weight is 430 g/mol. The van der Waals surface area contributed by atoms with Gasteiger partial charge < -0.3 is 5.32 Å². The van der Waals surface area contributed by atoms with Crippen molar-refractivity contribution in [3.63, 3.8) is 0 Å². The highest BCUT2D eigenvalue weighted by molar-refractivity contribution is 5.75. The molecule has 0 aliphatic heterocycles. The smallest absolute Gasteiger partial charge is 0.0384 e. The van der Waals surface area contributed by atoms with E-state index in [1.807, 2.05) is 0 Å². The van der Waals surface area contributed by atoms with Crippen molar-refractivity contribution in [1.82, 2.24) is 0 Å². The minimum atomic E-state index is 0.662. The van der Waals surface area contributed by atoms with Gasteiger partial charge >= 0.3 is 0 Å². The van der Waals surface area contributed by atoms with E-state index in [0.717, 1.165) is 24.2 Å². The van der Waals surface area contributed by atoms with Crippen molar-refractivity contribution >= 4 is 17.5 Å². The average Bonchev–Trinajstić information content (AvgIpc) is 2.89. The van der Waals surface area contributed by atoms with Gasteiger partial charge in [-0.2, -0.15) is 0 Å². The maximum absolute atomic E-state index is 3.60. The molecule has 3 aliphatic rings. The molecule has 0 fully saturated rings. The minimum absolute atomic E-state index is 0.662. The quantitative estimate of drug-likeness (QED) is 0.437. The zero-order valence-electron chi connectivity index (χ0n) is 19.1. The summed E-state index contributed by atoms with van der Waals surface area (Å²) in [6.45, 7) is 0. The van der Waals surface area contributed by atoms with E-state index in [4.69, 9.17) is 0 Å². The third-order valence-electron chi connectivity index (χ3n) is 7.62. The molecule has 33 heavy (non-hydrogen) atoms. The maximum atomic E-state index is 3.60. The summed E-state index contributed by atoms with van der Waals surface area (Å²) in [6, 6.07) is 24.7. The molecule has 1 heteroatoms. The van der Waals surface area contributed by atoms with Gasteiger partial charge in [0.2, 0.25) is 0 Å². The molecular weight excluding hydrogens is 398 g/mol. The van der Waals surface area contributed by atoms with Gasteiger partial charge in [0.1, 0.15) is 0 Å². The molecular formula is C32H31N. The second-order valence-electron chi connectivity index (χ2n) is 9.61. The summed E-state index contributed by atoms with van der Waals surface area (Å²) in [5.74, 6) is 1.37. The van der Waals surface area contributed by atoms with Crippen LogP contribution in [0.2, 0.25) is 0 Å². The van der Waals surface area contributed by atoms with E-state index in [-0.39, 0.29) is 0 Å². The van der Waals surface area contributed by atoms with Crippen LogP contribution < -0.4 is 5.32 Å². The molecule has 0 heterocycles. The lowest BCUT2D eigenvalue weighted by molar-refractivity contribution is 0.413. The molecule has 0 radical (unpaired) electrons. The third-order valence-corrected chi connectivity index (χ3v) is 7.62. The molecule has 2 unspecified atom stereocenters. The first-order valence-electron chi connectivity index (χ1n) is 12.5. The summed E-state index contributed by atoms with van der Waals surface area (Å²) in [4.78, 5) is 0. The van der Waals surface area contributed by atoms with Gasteiger partial charge in [-0.25, -0.2) is 0 Å². The van der Waals surface area contributed by atoms with Crippen LogP contribution in [-0.4, -0.2) is 0 Å². The number of nitrogens with one attached hydrogen (secondary N) is 1. The predicted octanol–water partition coefficient (Wildman–Crippen LogP) is 8.83. The lowest BCUT2D eigenvalue weighted by Crippen LogP contribution is -2.20. The van der Waals surface area contributed by atoms with E-state index in [2.05, 4.69) is 102 Å². The molecule has 164 valence electrons. The Labute approximate surface area is 197 Å². The molecule has 3 aromatic carbocycles. The van der Waals surface area contributed by atoms with Crippen molar-refractivity contribution in [1.29, 1.82) is 0 Å². The van der Waals surface area contributed by atoms with E-state index in [9.17, 15) is 0 Å². The Kier molecular flexibility index (Phi) is 5.48. The molecule has 2 atom stereocenters. The van der Waals surface area contributed by atoms with Crippen molar-refractivity contribution in [2.75, 3.05) is 5.32 Å². The summed E-state index contributed by atoms with van der Waals surface area (Å²) in [6.07, 6.45) is 18.9. The van der Waals surface area contributed by atoms with Gasteiger partial charge in [-0.15, -0.1) is 0 Å². The number of hydrogen-bond donors (Lipinski definition) is 1. The lowest BCUT2D eigenvalue weighted by atomic mass is 9.71. The molecule has 1 nitrogen and oxygen atoms in total. The maximum Gasteiger partial charge on any atom is 0.0384 e. The Morgan fingerprint density at radius 3 is 2.27 bits per heavy atom. The first-order valence-corrected chi connectivity index (χ1v) is 12.5. The fraction of sp³-hybridized carbons (Fsp3) is 0.250. The monoisotopic (exact) mass is 429 g/mol. The molecule has 3 aromatic rings. The Bertz CT molecular complexity index is 1220. The van der Waals surface area contributed by atoms with Crippen LogP contribution in [0.5, 0.6) is 0 Å². The van der Waals surface area contributed by atoms with Gasteiger partial charge in [-0.1, -0.05) is 72.8 Å². The molecule has 0 aromatic heterocycles. The molecule has 0 spiro atoms. The van der Waals surface area contributed by atoms with Crippen LogP contribution >= 0.6 is 0 Å². The van der Waals surface area contributed by atoms with Gasteiger partial charge in [-0.05, 0) is 108 Å². The van der Waals surface area contributed by atoms with Crippen LogP contribution in [0.15, 0.2) is 96.6 Å². The van der Waals surface area contributed by atoms with Crippen LogP contribution in [0, 0.1) is 5.92 Å². The molecule has 0 saturated carbocycles. The number of benzene rings is 3. The number of hydrogen-bond acceptors (Lipinski definition) is 1. The topological polar surface area (TPSA) is 12.0 Å². The molecule has 0 bridgehead atoms. The first-order chi connectivity index (χ1) is 16.3. The summed E-state index contributed by atoms with van der Waals surface area (Å²) >= 11 is 0. The predicted molar refractivity (Wildman–Crippen MR) is 141 cm³/mol. The largest absolute Gasteiger partial charge is 0.356 e. The minimum Gasteiger partial charge on any atom is -0.356 e. The SMILES string of the molecule is C1=Cc2cccc(-c3ccc(Nc4ccc(C5CCC=C6C=CCCC65)cc4)cc3)c2CC1. The fourth-order valence-corrected chi connectivity index (χ4v) is 5.93. The van der Waals surface area contributed by atoms with Crippen LogP contribution in [-0.2, 0) is 6.42 Å². The molecule has 0 saturated heterocycles. The van der Waals surface area contributed by atoms with Crippen LogP contribution in [0.25, 0.3) is 17.2 Å². The van der Waals surface area contributed by atoms with Crippen molar-refractivity contribution in [2.45, 2.75) is 44.4 Å². The summed E-state index contributed by atoms with van der Waals surface area (Å²) in [7, 11) is 0. The van der Waals surface area contributed by atoms with Crippen molar-refractivity contribution in [3.8, 4) is 11.1 Å². The Balaban J connectivity index is 1.17. The summed E-state index contributed by atoms with van der Waals surface area (Å²) < 4.78 is 0. The zero-order chi connectivity index (χ0) is 22.0. The van der Waals surface area contributed by atoms with Crippen molar-refractivity contribution < 1.29 is 0 Å². The summed E-state index contributed by atoms with van der Waals surface area (Å²) in [5, 5.41) is 3.60. The second kappa shape index (κ2) is 8.90. The Hall–Kier alpha value is -3.32. The highest BCUT2D eigenvalue weighted by atomic mass is 14.9. The number of allylic oxidation sites excluding steroid dienone is 5. The molecule has 0 amide bonds. The highest BCUT2D eigenvalue weighted by Crippen LogP contribution is 2.43. The molecule has 3 aliphatic carbocycles. The third kappa shape index (κ3) is 4.09. The Morgan fingerprint density at radius 1 is 0.667 bits per heavy atom. The second-order valence-corrected chi connectivity index (χ2v) is 9.61. The van der Waals surface area contributed by atoms with E-state index in [1.165, 1.54) is 53.5 Å².